The largest absolute Gasteiger partial charge is 0.0747 e. The molecule has 0 radical (unpaired) electrons. The lowest BCUT2D eigenvalue weighted by molar-refractivity contribution is 0.911. The SMILES string of the molecule is CC1=CC(C)C=C1CCC1=CC(C)C=C1C. The Hall–Kier alpha value is -1.04. The van der Waals surface area contributed by atoms with E-state index in [1.54, 1.807) is 11.1 Å². The molecule has 16 heavy (non-hydrogen) atoms. The summed E-state index contributed by atoms with van der Waals surface area (Å²) in [4.78, 5) is 0. The Kier molecular flexibility index (Phi) is 3.18. The lowest BCUT2D eigenvalue weighted by Crippen LogP contribution is -1.87. The summed E-state index contributed by atoms with van der Waals surface area (Å²) in [5.74, 6) is 1.28. The molecule has 0 heterocycles. The lowest BCUT2D eigenvalue weighted by atomic mass is 9.99. The van der Waals surface area contributed by atoms with Gasteiger partial charge in [0.1, 0.15) is 0 Å². The van der Waals surface area contributed by atoms with Gasteiger partial charge in [-0.05, 0) is 49.7 Å². The van der Waals surface area contributed by atoms with Crippen molar-refractivity contribution in [3.63, 3.8) is 0 Å². The van der Waals surface area contributed by atoms with Crippen molar-refractivity contribution in [1.82, 2.24) is 0 Å². The standard InChI is InChI=1S/C16H22/c1-11-7-13(3)15(9-11)5-6-16-10-12(2)8-14(16)4/h7-12H,5-6H2,1-4H3. The third-order valence-electron chi connectivity index (χ3n) is 3.63. The first-order valence-electron chi connectivity index (χ1n) is 6.35. The first kappa shape index (κ1) is 11.4. The molecule has 0 fully saturated rings. The minimum absolute atomic E-state index is 0.642. The van der Waals surface area contributed by atoms with Gasteiger partial charge in [0.25, 0.3) is 0 Å². The van der Waals surface area contributed by atoms with E-state index >= 15 is 0 Å². The van der Waals surface area contributed by atoms with Crippen molar-refractivity contribution >= 4 is 0 Å². The van der Waals surface area contributed by atoms with Crippen molar-refractivity contribution in [3.8, 4) is 0 Å². The Morgan fingerprint density at radius 2 is 1.12 bits per heavy atom. The van der Waals surface area contributed by atoms with Crippen LogP contribution < -0.4 is 0 Å². The van der Waals surface area contributed by atoms with Gasteiger partial charge in [-0.3, -0.25) is 0 Å². The highest BCUT2D eigenvalue weighted by molar-refractivity contribution is 5.41. The van der Waals surface area contributed by atoms with Crippen molar-refractivity contribution in [2.24, 2.45) is 11.8 Å². The minimum atomic E-state index is 0.642. The Labute approximate surface area is 99.4 Å². The van der Waals surface area contributed by atoms with Crippen LogP contribution in [0.15, 0.2) is 46.6 Å². The number of rotatable bonds is 3. The van der Waals surface area contributed by atoms with Crippen molar-refractivity contribution in [1.29, 1.82) is 0 Å². The molecule has 0 aromatic heterocycles. The first-order valence-corrected chi connectivity index (χ1v) is 6.35. The molecule has 2 aliphatic carbocycles. The van der Waals surface area contributed by atoms with Gasteiger partial charge in [0.2, 0.25) is 0 Å². The monoisotopic (exact) mass is 214 g/mol. The number of hydrogen-bond acceptors (Lipinski definition) is 0. The third-order valence-corrected chi connectivity index (χ3v) is 3.63. The number of hydrogen-bond donors (Lipinski definition) is 0. The molecule has 86 valence electrons. The predicted molar refractivity (Wildman–Crippen MR) is 71.2 cm³/mol. The van der Waals surface area contributed by atoms with Crippen LogP contribution in [0.4, 0.5) is 0 Å². The van der Waals surface area contributed by atoms with E-state index < -0.39 is 0 Å². The average Bonchev–Trinajstić information content (AvgIpc) is 2.66. The summed E-state index contributed by atoms with van der Waals surface area (Å²) >= 11 is 0. The zero-order valence-corrected chi connectivity index (χ0v) is 10.9. The Balaban J connectivity index is 1.95. The van der Waals surface area contributed by atoms with E-state index in [2.05, 4.69) is 52.0 Å². The van der Waals surface area contributed by atoms with E-state index in [0.717, 1.165) is 0 Å². The molecule has 2 rings (SSSR count). The second kappa shape index (κ2) is 4.45. The summed E-state index contributed by atoms with van der Waals surface area (Å²) in [7, 11) is 0. The van der Waals surface area contributed by atoms with E-state index in [4.69, 9.17) is 0 Å². The van der Waals surface area contributed by atoms with Gasteiger partial charge >= 0.3 is 0 Å². The van der Waals surface area contributed by atoms with Crippen molar-refractivity contribution in [2.45, 2.75) is 40.5 Å². The molecule has 2 aliphatic rings. The maximum atomic E-state index is 2.41. The molecule has 0 spiro atoms. The molecule has 0 amide bonds. The highest BCUT2D eigenvalue weighted by Crippen LogP contribution is 2.32. The molecule has 0 saturated carbocycles. The van der Waals surface area contributed by atoms with Gasteiger partial charge in [0, 0.05) is 0 Å². The zero-order valence-electron chi connectivity index (χ0n) is 10.9. The van der Waals surface area contributed by atoms with Crippen LogP contribution >= 0.6 is 0 Å². The lowest BCUT2D eigenvalue weighted by Gasteiger charge is -2.06. The maximum Gasteiger partial charge on any atom is -0.00702 e. The molecule has 0 N–H and O–H groups in total. The first-order chi connectivity index (χ1) is 7.56. The van der Waals surface area contributed by atoms with Crippen LogP contribution in [0.1, 0.15) is 40.5 Å². The number of allylic oxidation sites excluding steroid dienone is 8. The predicted octanol–water partition coefficient (Wildman–Crippen LogP) is 4.81. The van der Waals surface area contributed by atoms with Crippen molar-refractivity contribution in [2.75, 3.05) is 0 Å². The highest BCUT2D eigenvalue weighted by Gasteiger charge is 2.14. The van der Waals surface area contributed by atoms with E-state index in [9.17, 15) is 0 Å². The van der Waals surface area contributed by atoms with Crippen LogP contribution in [0.3, 0.4) is 0 Å². The fourth-order valence-electron chi connectivity index (χ4n) is 2.83. The summed E-state index contributed by atoms with van der Waals surface area (Å²) in [5.41, 5.74) is 6.09. The molecule has 0 saturated heterocycles. The van der Waals surface area contributed by atoms with E-state index in [1.165, 1.54) is 24.0 Å². The summed E-state index contributed by atoms with van der Waals surface area (Å²) in [6, 6.07) is 0. The fourth-order valence-corrected chi connectivity index (χ4v) is 2.83. The van der Waals surface area contributed by atoms with Crippen LogP contribution in [0.25, 0.3) is 0 Å². The highest BCUT2D eigenvalue weighted by atomic mass is 14.2. The summed E-state index contributed by atoms with van der Waals surface area (Å²) in [6.45, 7) is 9.00. The van der Waals surface area contributed by atoms with Crippen LogP contribution in [0.2, 0.25) is 0 Å². The van der Waals surface area contributed by atoms with Crippen LogP contribution in [-0.2, 0) is 0 Å². The smallest absolute Gasteiger partial charge is 0.00702 e. The quantitative estimate of drug-likeness (QED) is 0.632. The van der Waals surface area contributed by atoms with E-state index in [0.29, 0.717) is 11.8 Å². The average molecular weight is 214 g/mol. The van der Waals surface area contributed by atoms with Gasteiger partial charge < -0.3 is 0 Å². The molecule has 0 nitrogen and oxygen atoms in total. The molecule has 0 bridgehead atoms. The van der Waals surface area contributed by atoms with Gasteiger partial charge in [-0.2, -0.15) is 0 Å². The molecular weight excluding hydrogens is 192 g/mol. The molecule has 2 unspecified atom stereocenters. The van der Waals surface area contributed by atoms with Crippen molar-refractivity contribution in [3.05, 3.63) is 46.6 Å². The summed E-state index contributed by atoms with van der Waals surface area (Å²) in [6.07, 6.45) is 12.0. The summed E-state index contributed by atoms with van der Waals surface area (Å²) in [5, 5.41) is 0. The van der Waals surface area contributed by atoms with Gasteiger partial charge in [0.15, 0.2) is 0 Å². The van der Waals surface area contributed by atoms with Crippen LogP contribution in [0, 0.1) is 11.8 Å². The van der Waals surface area contributed by atoms with Crippen LogP contribution in [0.5, 0.6) is 0 Å². The minimum Gasteiger partial charge on any atom is -0.0747 e. The Morgan fingerprint density at radius 3 is 1.38 bits per heavy atom. The van der Waals surface area contributed by atoms with E-state index in [1.807, 2.05) is 0 Å². The molecule has 0 aromatic rings. The molecule has 0 aliphatic heterocycles. The topological polar surface area (TPSA) is 0 Å². The van der Waals surface area contributed by atoms with Gasteiger partial charge in [-0.15, -0.1) is 0 Å². The molecule has 0 aromatic carbocycles. The van der Waals surface area contributed by atoms with Gasteiger partial charge in [-0.1, -0.05) is 49.3 Å². The molecule has 2 atom stereocenters. The fraction of sp³-hybridized carbons (Fsp3) is 0.500. The van der Waals surface area contributed by atoms with Gasteiger partial charge in [-0.25, -0.2) is 0 Å². The second-order valence-electron chi connectivity index (χ2n) is 5.30. The third kappa shape index (κ3) is 2.37. The maximum absolute atomic E-state index is 2.41. The summed E-state index contributed by atoms with van der Waals surface area (Å²) < 4.78 is 0. The normalized spacial score (nSPS) is 28.8. The molecular formula is C16H22. The van der Waals surface area contributed by atoms with Crippen molar-refractivity contribution < 1.29 is 0 Å². The zero-order chi connectivity index (χ0) is 11.7. The van der Waals surface area contributed by atoms with Crippen LogP contribution in [-0.4, -0.2) is 0 Å². The molecule has 0 heteroatoms. The van der Waals surface area contributed by atoms with Gasteiger partial charge in [0.05, 0.1) is 0 Å². The Bertz CT molecular complexity index is 362. The second-order valence-corrected chi connectivity index (χ2v) is 5.30. The van der Waals surface area contributed by atoms with E-state index in [-0.39, 0.29) is 0 Å². The Morgan fingerprint density at radius 1 is 0.750 bits per heavy atom.